The average molecular weight is 557 g/mol. The molecular formula is C28H36N4O6S. The second-order valence-corrected chi connectivity index (χ2v) is 12.6. The number of primary sulfonamides is 1. The first-order valence-electron chi connectivity index (χ1n) is 13.7. The van der Waals surface area contributed by atoms with Crippen LogP contribution in [0.4, 0.5) is 5.82 Å². The zero-order valence-corrected chi connectivity index (χ0v) is 22.7. The molecule has 0 spiro atoms. The average Bonchev–Trinajstić information content (AvgIpc) is 3.70. The molecule has 5 rings (SSSR count). The minimum absolute atomic E-state index is 0.0335. The number of hydrogen-bond donors (Lipinski definition) is 4. The number of aryl methyl sites for hydroxylation is 2. The van der Waals surface area contributed by atoms with Crippen LogP contribution in [0, 0.1) is 5.92 Å². The summed E-state index contributed by atoms with van der Waals surface area (Å²) in [6, 6.07) is 9.12. The van der Waals surface area contributed by atoms with Crippen LogP contribution in [0.3, 0.4) is 0 Å². The van der Waals surface area contributed by atoms with E-state index in [4.69, 9.17) is 14.9 Å². The number of pyridine rings is 1. The van der Waals surface area contributed by atoms with Gasteiger partial charge in [0.05, 0.1) is 16.4 Å². The Balaban J connectivity index is 1.04. The number of amides is 1. The molecule has 2 saturated carbocycles. The Morgan fingerprint density at radius 1 is 1.18 bits per heavy atom. The highest BCUT2D eigenvalue weighted by Gasteiger charge is 2.52. The van der Waals surface area contributed by atoms with E-state index in [1.807, 2.05) is 0 Å². The summed E-state index contributed by atoms with van der Waals surface area (Å²) in [5, 5.41) is 20.9. The molecule has 0 saturated heterocycles. The molecular weight excluding hydrogens is 520 g/mol. The number of hydrogen-bond acceptors (Lipinski definition) is 7. The Bertz CT molecular complexity index is 1320. The van der Waals surface area contributed by atoms with Gasteiger partial charge in [-0.3, -0.25) is 4.79 Å². The van der Waals surface area contributed by atoms with E-state index in [1.54, 1.807) is 12.1 Å². The minimum atomic E-state index is -3.83. The van der Waals surface area contributed by atoms with Crippen LogP contribution in [-0.4, -0.2) is 55.7 Å². The summed E-state index contributed by atoms with van der Waals surface area (Å²) in [5.74, 6) is 0.131. The molecule has 0 bridgehead atoms. The van der Waals surface area contributed by atoms with E-state index in [2.05, 4.69) is 22.8 Å². The quantitative estimate of drug-likeness (QED) is 0.310. The van der Waals surface area contributed by atoms with Crippen molar-refractivity contribution >= 4 is 27.7 Å². The van der Waals surface area contributed by atoms with Gasteiger partial charge < -0.3 is 20.5 Å². The molecule has 2 fully saturated rings. The predicted octanol–water partition coefficient (Wildman–Crippen LogP) is 2.51. The summed E-state index contributed by atoms with van der Waals surface area (Å²) in [7, 11) is -3.83. The highest BCUT2D eigenvalue weighted by molar-refractivity contribution is 7.89. The zero-order valence-electron chi connectivity index (χ0n) is 21.9. The topological polar surface area (TPSA) is 161 Å². The lowest BCUT2D eigenvalue weighted by molar-refractivity contribution is -0.143. The number of sulfonamides is 1. The molecule has 1 amide bonds. The normalized spacial score (nSPS) is 22.1. The second kappa shape index (κ2) is 11.2. The van der Waals surface area contributed by atoms with Crippen molar-refractivity contribution in [3.05, 3.63) is 53.2 Å². The van der Waals surface area contributed by atoms with Crippen LogP contribution < -0.4 is 15.8 Å². The van der Waals surface area contributed by atoms with Crippen molar-refractivity contribution < 1.29 is 27.9 Å². The van der Waals surface area contributed by atoms with Crippen LogP contribution in [0.5, 0.6) is 0 Å². The molecule has 1 aromatic carbocycles. The van der Waals surface area contributed by atoms with Crippen LogP contribution in [0.1, 0.15) is 61.8 Å². The summed E-state index contributed by atoms with van der Waals surface area (Å²) in [6.07, 6.45) is 7.55. The number of carboxylic acid groups (broad SMARTS) is 1. The maximum absolute atomic E-state index is 13.0. The van der Waals surface area contributed by atoms with Crippen LogP contribution in [0.15, 0.2) is 41.3 Å². The lowest BCUT2D eigenvalue weighted by Crippen LogP contribution is -2.46. The fourth-order valence-corrected chi connectivity index (χ4v) is 6.06. The third-order valence-corrected chi connectivity index (χ3v) is 9.17. The molecule has 11 heteroatoms. The highest BCUT2D eigenvalue weighted by atomic mass is 32.2. The minimum Gasteiger partial charge on any atom is -0.480 e. The Kier molecular flexibility index (Phi) is 7.93. The summed E-state index contributed by atoms with van der Waals surface area (Å²) in [6.45, 7) is 1.23. The van der Waals surface area contributed by atoms with Gasteiger partial charge in [0.15, 0.2) is 0 Å². The van der Waals surface area contributed by atoms with Crippen LogP contribution >= 0.6 is 0 Å². The molecule has 1 aliphatic heterocycles. The lowest BCUT2D eigenvalue weighted by atomic mass is 9.79. The van der Waals surface area contributed by atoms with Crippen LogP contribution in [0.25, 0.3) is 0 Å². The summed E-state index contributed by atoms with van der Waals surface area (Å²) in [4.78, 5) is 29.6. The molecule has 3 aliphatic rings. The molecule has 2 heterocycles. The Morgan fingerprint density at radius 2 is 1.92 bits per heavy atom. The molecule has 5 N–H and O–H groups in total. The van der Waals surface area contributed by atoms with Crippen molar-refractivity contribution in [2.75, 3.05) is 18.5 Å². The molecule has 1 atom stereocenters. The van der Waals surface area contributed by atoms with Gasteiger partial charge in [-0.05, 0) is 86.6 Å². The largest absolute Gasteiger partial charge is 0.480 e. The molecule has 0 radical (unpaired) electrons. The maximum Gasteiger partial charge on any atom is 0.326 e. The smallest absolute Gasteiger partial charge is 0.326 e. The SMILES string of the molecule is NS(=O)(=O)c1ccc(C2(C(=O)N[C@@H](CCO[C@H]3C[C@H](CCc4ccc5c(n4)NCCC5)C3)C(=O)O)CC2)cc1. The fraction of sp³-hybridized carbons (Fsp3) is 0.536. The number of ether oxygens (including phenoxy) is 1. The van der Waals surface area contributed by atoms with Crippen LogP contribution in [-0.2, 0) is 42.6 Å². The van der Waals surface area contributed by atoms with E-state index < -0.39 is 27.4 Å². The van der Waals surface area contributed by atoms with E-state index in [1.165, 1.54) is 17.7 Å². The van der Waals surface area contributed by atoms with Crippen molar-refractivity contribution in [3.63, 3.8) is 0 Å². The number of rotatable bonds is 12. The monoisotopic (exact) mass is 556 g/mol. The van der Waals surface area contributed by atoms with Gasteiger partial charge in [-0.1, -0.05) is 18.2 Å². The second-order valence-electron chi connectivity index (χ2n) is 11.0. The Hall–Kier alpha value is -3.02. The number of carbonyl (C=O) groups excluding carboxylic acids is 1. The van der Waals surface area contributed by atoms with E-state index in [0.29, 0.717) is 24.3 Å². The van der Waals surface area contributed by atoms with Gasteiger partial charge in [0.2, 0.25) is 15.9 Å². The first-order valence-corrected chi connectivity index (χ1v) is 15.2. The number of aromatic nitrogens is 1. The van der Waals surface area contributed by atoms with Crippen molar-refractivity contribution in [2.45, 2.75) is 80.2 Å². The van der Waals surface area contributed by atoms with E-state index >= 15 is 0 Å². The van der Waals surface area contributed by atoms with Gasteiger partial charge in [0, 0.05) is 25.3 Å². The number of nitrogens with one attached hydrogen (secondary N) is 2. The number of carboxylic acids is 1. The first-order chi connectivity index (χ1) is 18.6. The number of carbonyl (C=O) groups is 2. The van der Waals surface area contributed by atoms with Crippen molar-refractivity contribution in [1.29, 1.82) is 0 Å². The maximum atomic E-state index is 13.0. The molecule has 210 valence electrons. The van der Waals surface area contributed by atoms with Gasteiger partial charge in [0.1, 0.15) is 11.9 Å². The zero-order chi connectivity index (χ0) is 27.6. The number of fused-ring (bicyclic) bond motifs is 1. The highest BCUT2D eigenvalue weighted by Crippen LogP contribution is 2.48. The Labute approximate surface area is 228 Å². The van der Waals surface area contributed by atoms with Gasteiger partial charge in [-0.25, -0.2) is 23.3 Å². The van der Waals surface area contributed by atoms with Gasteiger partial charge in [-0.15, -0.1) is 0 Å². The number of anilines is 1. The number of nitrogens with zero attached hydrogens (tertiary/aromatic N) is 1. The lowest BCUT2D eigenvalue weighted by Gasteiger charge is -2.35. The molecule has 1 aromatic heterocycles. The third kappa shape index (κ3) is 6.42. The van der Waals surface area contributed by atoms with Crippen molar-refractivity contribution in [1.82, 2.24) is 10.3 Å². The molecule has 10 nitrogen and oxygen atoms in total. The predicted molar refractivity (Wildman–Crippen MR) is 145 cm³/mol. The Morgan fingerprint density at radius 3 is 2.59 bits per heavy atom. The molecule has 39 heavy (non-hydrogen) atoms. The molecule has 2 aromatic rings. The standard InChI is InChI=1S/C28H36N4O6S/c29-39(36,37)23-9-5-20(6-10-23)28(12-13-28)27(35)32-24(26(33)34)11-15-38-22-16-18(17-22)3-7-21-8-4-19-2-1-14-30-25(19)31-21/h4-6,8-10,18,22,24H,1-3,7,11-17H2,(H,30,31)(H,32,35)(H,33,34)(H2,29,36,37)/t18-,22-,24-/m0/s1. The van der Waals surface area contributed by atoms with Crippen molar-refractivity contribution in [2.24, 2.45) is 11.1 Å². The third-order valence-electron chi connectivity index (χ3n) is 8.24. The number of aliphatic carboxylic acids is 1. The first kappa shape index (κ1) is 27.5. The summed E-state index contributed by atoms with van der Waals surface area (Å²) < 4.78 is 28.9. The summed E-state index contributed by atoms with van der Waals surface area (Å²) >= 11 is 0. The van der Waals surface area contributed by atoms with E-state index in [9.17, 15) is 23.1 Å². The number of benzene rings is 1. The van der Waals surface area contributed by atoms with Gasteiger partial charge in [0.25, 0.3) is 0 Å². The molecule has 0 unspecified atom stereocenters. The number of nitrogens with two attached hydrogens (primary N) is 1. The van der Waals surface area contributed by atoms with Crippen LogP contribution in [0.2, 0.25) is 0 Å². The van der Waals surface area contributed by atoms with E-state index in [-0.39, 0.29) is 29.9 Å². The van der Waals surface area contributed by atoms with Gasteiger partial charge in [-0.2, -0.15) is 0 Å². The van der Waals surface area contributed by atoms with Crippen molar-refractivity contribution in [3.8, 4) is 0 Å². The van der Waals surface area contributed by atoms with E-state index in [0.717, 1.165) is 56.6 Å². The molecule has 2 aliphatic carbocycles. The summed E-state index contributed by atoms with van der Waals surface area (Å²) in [5.41, 5.74) is 2.22. The fourth-order valence-electron chi connectivity index (χ4n) is 5.55. The van der Waals surface area contributed by atoms with Gasteiger partial charge >= 0.3 is 5.97 Å².